The smallest absolute Gasteiger partial charge is 0.312 e. The lowest BCUT2D eigenvalue weighted by Gasteiger charge is -2.13. The number of unbranched alkanes of at least 4 members (excludes halogenated alkanes) is 1. The maximum atomic E-state index is 10.2. The monoisotopic (exact) mass is 142 g/mol. The fourth-order valence-electron chi connectivity index (χ4n) is 0.822. The largest absolute Gasteiger partial charge is 0.334 e. The van der Waals surface area contributed by atoms with E-state index in [9.17, 15) is 4.79 Å². The lowest BCUT2D eigenvalue weighted by molar-refractivity contribution is 0.372. The van der Waals surface area contributed by atoms with Gasteiger partial charge in [0.25, 0.3) is 0 Å². The summed E-state index contributed by atoms with van der Waals surface area (Å²) in [6, 6.07) is 0. The van der Waals surface area contributed by atoms with Crippen molar-refractivity contribution in [3.63, 3.8) is 0 Å². The van der Waals surface area contributed by atoms with Crippen molar-refractivity contribution in [2.24, 2.45) is 0 Å². The quantitative estimate of drug-likeness (QED) is 0.515. The summed E-state index contributed by atoms with van der Waals surface area (Å²) in [5.41, 5.74) is 0. The van der Waals surface area contributed by atoms with Gasteiger partial charge in [-0.25, -0.2) is 0 Å². The Morgan fingerprint density at radius 1 is 1.20 bits per heavy atom. The maximum Gasteiger partial charge on any atom is 0.312 e. The summed E-state index contributed by atoms with van der Waals surface area (Å²) < 4.78 is 0. The van der Waals surface area contributed by atoms with Crippen LogP contribution >= 0.6 is 0 Å². The summed E-state index contributed by atoms with van der Waals surface area (Å²) in [5.74, 6) is 0. The molecule has 0 aliphatic heterocycles. The highest BCUT2D eigenvalue weighted by Crippen LogP contribution is 1.92. The van der Waals surface area contributed by atoms with Crippen molar-refractivity contribution in [3.8, 4) is 0 Å². The molecule has 0 spiro atoms. The molecule has 2 nitrogen and oxygen atoms in total. The molecule has 0 saturated heterocycles. The Balaban J connectivity index is 3.29. The van der Waals surface area contributed by atoms with Gasteiger partial charge in [-0.05, 0) is 12.8 Å². The lowest BCUT2D eigenvalue weighted by Crippen LogP contribution is -2.23. The molecule has 0 fully saturated rings. The Hall–Kier alpha value is -0.530. The summed E-state index contributed by atoms with van der Waals surface area (Å²) in [6.07, 6.45) is 5.18. The van der Waals surface area contributed by atoms with E-state index >= 15 is 0 Å². The van der Waals surface area contributed by atoms with Crippen molar-refractivity contribution >= 4 is 6.41 Å². The van der Waals surface area contributed by atoms with Gasteiger partial charge in [0.05, 0.1) is 0 Å². The van der Waals surface area contributed by atoms with Crippen molar-refractivity contribution in [1.29, 1.82) is 0 Å². The minimum Gasteiger partial charge on any atom is -0.334 e. The number of amides is 1. The molecule has 0 N–H and O–H groups in total. The van der Waals surface area contributed by atoms with E-state index in [2.05, 4.69) is 13.8 Å². The Morgan fingerprint density at radius 3 is 2.30 bits per heavy atom. The zero-order valence-electron chi connectivity index (χ0n) is 6.89. The Morgan fingerprint density at radius 2 is 1.90 bits per heavy atom. The number of hydrogen-bond acceptors (Lipinski definition) is 1. The molecule has 0 bridgehead atoms. The molecule has 2 heteroatoms. The second kappa shape index (κ2) is 6.59. The van der Waals surface area contributed by atoms with Gasteiger partial charge in [0.1, 0.15) is 0 Å². The van der Waals surface area contributed by atoms with Crippen LogP contribution in [0.2, 0.25) is 0 Å². The van der Waals surface area contributed by atoms with E-state index in [4.69, 9.17) is 0 Å². The van der Waals surface area contributed by atoms with Crippen molar-refractivity contribution < 1.29 is 4.79 Å². The van der Waals surface area contributed by atoms with E-state index in [1.807, 2.05) is 6.41 Å². The average molecular weight is 142 g/mol. The van der Waals surface area contributed by atoms with Gasteiger partial charge in [-0.15, -0.1) is 0 Å². The van der Waals surface area contributed by atoms with Crippen LogP contribution in [0.4, 0.5) is 0 Å². The van der Waals surface area contributed by atoms with Gasteiger partial charge < -0.3 is 4.90 Å². The van der Waals surface area contributed by atoms with Gasteiger partial charge in [-0.3, -0.25) is 4.79 Å². The predicted molar refractivity (Wildman–Crippen MR) is 42.5 cm³/mol. The highest BCUT2D eigenvalue weighted by Gasteiger charge is 1.97. The second-order valence-corrected chi connectivity index (χ2v) is 2.43. The van der Waals surface area contributed by atoms with E-state index in [-0.39, 0.29) is 0 Å². The van der Waals surface area contributed by atoms with Crippen LogP contribution in [-0.2, 0) is 4.79 Å². The normalized spacial score (nSPS) is 9.40. The molecule has 0 rings (SSSR count). The molecule has 0 unspecified atom stereocenters. The van der Waals surface area contributed by atoms with Crippen molar-refractivity contribution in [2.75, 3.05) is 13.1 Å². The first kappa shape index (κ1) is 9.47. The van der Waals surface area contributed by atoms with E-state index in [0.29, 0.717) is 0 Å². The van der Waals surface area contributed by atoms with Crippen LogP contribution in [0.3, 0.4) is 0 Å². The molecule has 0 aliphatic rings. The predicted octanol–water partition coefficient (Wildman–Crippen LogP) is 1.57. The molecule has 0 saturated carbocycles. The van der Waals surface area contributed by atoms with E-state index < -0.39 is 0 Å². The van der Waals surface area contributed by atoms with E-state index in [1.165, 1.54) is 0 Å². The summed E-state index contributed by atoms with van der Waals surface area (Å²) in [5, 5.41) is 0. The van der Waals surface area contributed by atoms with Crippen LogP contribution < -0.4 is 0 Å². The summed E-state index contributed by atoms with van der Waals surface area (Å²) in [4.78, 5) is 11.9. The topological polar surface area (TPSA) is 20.3 Å². The van der Waals surface area contributed by atoms with Crippen LogP contribution in [0.5, 0.6) is 0 Å². The van der Waals surface area contributed by atoms with Gasteiger partial charge in [0.2, 0.25) is 0 Å². The zero-order valence-corrected chi connectivity index (χ0v) is 6.89. The molecule has 0 aromatic rings. The summed E-state index contributed by atoms with van der Waals surface area (Å²) in [7, 11) is 0. The zero-order chi connectivity index (χ0) is 7.82. The van der Waals surface area contributed by atoms with Crippen LogP contribution in [0.25, 0.3) is 0 Å². The van der Waals surface area contributed by atoms with Gasteiger partial charge in [-0.1, -0.05) is 20.3 Å². The highest BCUT2D eigenvalue weighted by atomic mass is 16.1. The molecular weight excluding hydrogens is 126 g/mol. The first-order valence-corrected chi connectivity index (χ1v) is 3.97. The minimum atomic E-state index is 0.851. The van der Waals surface area contributed by atoms with Crippen molar-refractivity contribution in [1.82, 2.24) is 4.90 Å². The summed E-state index contributed by atoms with van der Waals surface area (Å²) in [6.45, 7) is 5.91. The molecular formula is C8H16NO. The van der Waals surface area contributed by atoms with Crippen LogP contribution in [-0.4, -0.2) is 24.4 Å². The molecule has 0 atom stereocenters. The number of hydrogen-bond donors (Lipinski definition) is 0. The molecule has 0 aromatic heterocycles. The lowest BCUT2D eigenvalue weighted by atomic mass is 10.3. The molecule has 0 heterocycles. The Labute approximate surface area is 63.2 Å². The van der Waals surface area contributed by atoms with Crippen molar-refractivity contribution in [2.45, 2.75) is 33.1 Å². The molecule has 1 amide bonds. The Bertz CT molecular complexity index is 83.3. The SMILES string of the molecule is CCCCN([C]=O)CCC. The molecule has 0 aromatic carbocycles. The molecule has 0 aliphatic carbocycles. The molecule has 59 valence electrons. The third kappa shape index (κ3) is 4.36. The molecule has 10 heavy (non-hydrogen) atoms. The highest BCUT2D eigenvalue weighted by molar-refractivity contribution is 5.47. The van der Waals surface area contributed by atoms with Crippen LogP contribution in [0.15, 0.2) is 0 Å². The first-order valence-electron chi connectivity index (χ1n) is 3.97. The van der Waals surface area contributed by atoms with Crippen molar-refractivity contribution in [3.05, 3.63) is 0 Å². The fourth-order valence-corrected chi connectivity index (χ4v) is 0.822. The molecule has 1 radical (unpaired) electrons. The minimum absolute atomic E-state index is 0.851. The second-order valence-electron chi connectivity index (χ2n) is 2.43. The third-order valence-corrected chi connectivity index (χ3v) is 1.40. The van der Waals surface area contributed by atoms with Gasteiger partial charge in [0.15, 0.2) is 0 Å². The van der Waals surface area contributed by atoms with Gasteiger partial charge in [0, 0.05) is 13.1 Å². The van der Waals surface area contributed by atoms with Gasteiger partial charge >= 0.3 is 6.41 Å². The average Bonchev–Trinajstić information content (AvgIpc) is 1.98. The standard InChI is InChI=1S/C8H16NO/c1-3-5-7-9(8-10)6-4-2/h3-7H2,1-2H3. The number of rotatable bonds is 6. The number of nitrogens with zero attached hydrogens (tertiary/aromatic N) is 1. The van der Waals surface area contributed by atoms with E-state index in [1.54, 1.807) is 4.90 Å². The maximum absolute atomic E-state index is 10.2. The van der Waals surface area contributed by atoms with Crippen LogP contribution in [0, 0.1) is 0 Å². The third-order valence-electron chi connectivity index (χ3n) is 1.40. The number of carbonyl (C=O) groups excluding carboxylic acids is 1. The first-order chi connectivity index (χ1) is 4.85. The Kier molecular flexibility index (Phi) is 6.24. The summed E-state index contributed by atoms with van der Waals surface area (Å²) >= 11 is 0. The van der Waals surface area contributed by atoms with Gasteiger partial charge in [-0.2, -0.15) is 0 Å². The fraction of sp³-hybridized carbons (Fsp3) is 0.875. The van der Waals surface area contributed by atoms with E-state index in [0.717, 1.165) is 32.4 Å². The van der Waals surface area contributed by atoms with Crippen LogP contribution in [0.1, 0.15) is 33.1 Å².